The van der Waals surface area contributed by atoms with Gasteiger partial charge in [0.2, 0.25) is 5.82 Å². The number of amidine groups is 1. The number of hydrogen-bond acceptors (Lipinski definition) is 3. The van der Waals surface area contributed by atoms with E-state index in [4.69, 9.17) is 14.5 Å². The zero-order chi connectivity index (χ0) is 31.7. The molecule has 6 nitrogen and oxygen atoms in total. The van der Waals surface area contributed by atoms with Gasteiger partial charge in [-0.25, -0.2) is 4.57 Å². The summed E-state index contributed by atoms with van der Waals surface area (Å²) in [5.74, 6) is 1.91. The first kappa shape index (κ1) is 31.7. The first-order chi connectivity index (χ1) is 22.3. The Labute approximate surface area is 302 Å². The van der Waals surface area contributed by atoms with E-state index in [1.165, 1.54) is 8.96 Å². The van der Waals surface area contributed by atoms with Crippen molar-refractivity contribution in [3.05, 3.63) is 123 Å². The van der Waals surface area contributed by atoms with Gasteiger partial charge in [-0.2, -0.15) is 0 Å². The number of aryl methyl sites for hydroxylation is 2. The number of aromatic nitrogens is 2. The van der Waals surface area contributed by atoms with Crippen molar-refractivity contribution in [2.45, 2.75) is 12.8 Å². The summed E-state index contributed by atoms with van der Waals surface area (Å²) in [6, 6.07) is 26.7. The quantitative estimate of drug-likeness (QED) is 0.102. The third-order valence-corrected chi connectivity index (χ3v) is 10.2. The van der Waals surface area contributed by atoms with Crippen molar-refractivity contribution in [2.24, 2.45) is 12.0 Å². The maximum absolute atomic E-state index is 17.9. The van der Waals surface area contributed by atoms with Crippen molar-refractivity contribution >= 4 is 76.5 Å². The van der Waals surface area contributed by atoms with Crippen LogP contribution in [-0.2, 0) is 13.5 Å². The summed E-state index contributed by atoms with van der Waals surface area (Å²) in [5.41, 5.74) is 7.42. The van der Waals surface area contributed by atoms with E-state index in [9.17, 15) is 0 Å². The number of benzene rings is 3. The fourth-order valence-electron chi connectivity index (χ4n) is 6.99. The van der Waals surface area contributed by atoms with Gasteiger partial charge in [0.25, 0.3) is 5.84 Å². The Morgan fingerprint density at radius 3 is 2.19 bits per heavy atom. The van der Waals surface area contributed by atoms with Crippen molar-refractivity contribution in [3.8, 4) is 33.9 Å². The monoisotopic (exact) mass is 853 g/mol. The molecule has 2 aromatic heterocycles. The topological polar surface area (TPSA) is 42.6 Å². The van der Waals surface area contributed by atoms with Crippen LogP contribution in [0.1, 0.15) is 23.1 Å². The highest BCUT2D eigenvalue weighted by Crippen LogP contribution is 2.51. The smallest absolute Gasteiger partial charge is 0.497 e. The van der Waals surface area contributed by atoms with Gasteiger partial charge >= 0.3 is 6.97 Å². The van der Waals surface area contributed by atoms with Crippen LogP contribution in [0.15, 0.2) is 108 Å². The third kappa shape index (κ3) is 4.87. The molecule has 0 saturated heterocycles. The Morgan fingerprint density at radius 2 is 1.51 bits per heavy atom. The van der Waals surface area contributed by atoms with Gasteiger partial charge in [-0.05, 0) is 99.6 Å². The van der Waals surface area contributed by atoms with Crippen molar-refractivity contribution in [1.29, 1.82) is 0 Å². The molecule has 8 rings (SSSR count). The number of rotatable bonds is 5. The zero-order valence-corrected chi connectivity index (χ0v) is 30.4. The van der Waals surface area contributed by atoms with Crippen molar-refractivity contribution < 1.29 is 27.2 Å². The molecule has 11 heteroatoms. The number of nitrogens with zero attached hydrogens (tertiary/aromatic N) is 4. The highest BCUT2D eigenvalue weighted by molar-refractivity contribution is 14.1. The second kappa shape index (κ2) is 12.0. The highest BCUT2D eigenvalue weighted by Gasteiger charge is 2.56. The second-order valence-corrected chi connectivity index (χ2v) is 12.8. The maximum Gasteiger partial charge on any atom is 0.642 e. The molecule has 0 radical (unpaired) electrons. The summed E-state index contributed by atoms with van der Waals surface area (Å²) in [5, 5.41) is 0. The lowest BCUT2D eigenvalue weighted by atomic mass is 9.83. The van der Waals surface area contributed by atoms with E-state index in [-0.39, 0.29) is 35.6 Å². The van der Waals surface area contributed by atoms with Gasteiger partial charge in [0.1, 0.15) is 18.5 Å². The number of aliphatic imine (C=N–C) groups is 1. The molecule has 236 valence electrons. The number of fused-ring (bicyclic) bond motifs is 5. The predicted molar refractivity (Wildman–Crippen MR) is 201 cm³/mol. The van der Waals surface area contributed by atoms with E-state index < -0.39 is 6.97 Å². The summed E-state index contributed by atoms with van der Waals surface area (Å²) >= 11 is 2.22. The summed E-state index contributed by atoms with van der Waals surface area (Å²) in [6.07, 6.45) is 5.18. The number of halogens is 4. The lowest BCUT2D eigenvalue weighted by Crippen LogP contribution is -2.53. The Hall–Kier alpha value is -3.85. The molecule has 2 aliphatic heterocycles. The molecule has 0 fully saturated rings. The average molecular weight is 853 g/mol. The van der Waals surface area contributed by atoms with Crippen LogP contribution in [0.3, 0.4) is 0 Å². The third-order valence-electron chi connectivity index (χ3n) is 9.14. The standard InChI is InChI=1S/C36H29BF2IN4O2.HI/c1-42-19-17-23(18-20-42)31-32(40)33(24-9-12-26(45-2)13-10-24)43-36(31)41-35-30(22-7-5-4-6-8-22)29-15-11-25-21-27(46-3)14-16-28(25)34(29)44(35)37(43,38)39;/h4-10,12-14,16-21H,11,15H2,1-3H3;1H/q+1;. The van der Waals surface area contributed by atoms with E-state index >= 15 is 8.63 Å². The molecule has 0 amide bonds. The van der Waals surface area contributed by atoms with E-state index in [1.807, 2.05) is 96.8 Å². The molecule has 0 unspecified atom stereocenters. The maximum atomic E-state index is 17.9. The molecule has 5 aromatic rings. The number of ether oxygens (including phenoxy) is 2. The number of methoxy groups -OCH3 is 2. The number of pyridine rings is 1. The molecular formula is C36H30BF2I2N4O2+. The Balaban J connectivity index is 0.00000351. The van der Waals surface area contributed by atoms with Crippen LogP contribution in [-0.4, -0.2) is 41.7 Å². The molecule has 0 saturated carbocycles. The van der Waals surface area contributed by atoms with Crippen molar-refractivity contribution in [3.63, 3.8) is 0 Å². The fourth-order valence-corrected chi connectivity index (χ4v) is 8.11. The van der Waals surface area contributed by atoms with Gasteiger partial charge in [0, 0.05) is 38.1 Å². The lowest BCUT2D eigenvalue weighted by Gasteiger charge is -2.33. The molecule has 0 N–H and O–H groups in total. The minimum Gasteiger partial charge on any atom is -0.497 e. The van der Waals surface area contributed by atoms with Crippen LogP contribution in [0.4, 0.5) is 14.4 Å². The van der Waals surface area contributed by atoms with Crippen LogP contribution in [0, 0.1) is 3.57 Å². The molecule has 0 atom stereocenters. The molecule has 0 spiro atoms. The summed E-state index contributed by atoms with van der Waals surface area (Å²) in [6.45, 7) is -4.43. The van der Waals surface area contributed by atoms with Gasteiger partial charge in [0.05, 0.1) is 31.1 Å². The number of allylic oxidation sites excluding steroid dienone is 1. The van der Waals surface area contributed by atoms with E-state index in [2.05, 4.69) is 22.6 Å². The molecule has 4 heterocycles. The van der Waals surface area contributed by atoms with Crippen molar-refractivity contribution in [1.82, 2.24) is 4.48 Å². The van der Waals surface area contributed by atoms with Gasteiger partial charge in [0.15, 0.2) is 12.4 Å². The van der Waals surface area contributed by atoms with E-state index in [1.54, 1.807) is 26.4 Å². The van der Waals surface area contributed by atoms with Crippen LogP contribution in [0.2, 0.25) is 0 Å². The lowest BCUT2D eigenvalue weighted by molar-refractivity contribution is -0.671. The summed E-state index contributed by atoms with van der Waals surface area (Å²) in [4.78, 5) is 5.23. The highest BCUT2D eigenvalue weighted by atomic mass is 127. The van der Waals surface area contributed by atoms with E-state index in [0.29, 0.717) is 44.0 Å². The van der Waals surface area contributed by atoms with Crippen LogP contribution < -0.4 is 14.0 Å². The predicted octanol–water partition coefficient (Wildman–Crippen LogP) is 8.07. The largest absolute Gasteiger partial charge is 0.642 e. The van der Waals surface area contributed by atoms with Crippen LogP contribution >= 0.6 is 46.6 Å². The van der Waals surface area contributed by atoms with Crippen LogP contribution in [0.5, 0.6) is 11.5 Å². The average Bonchev–Trinajstić information content (AvgIpc) is 3.58. The minimum atomic E-state index is -4.43. The zero-order valence-electron chi connectivity index (χ0n) is 25.9. The summed E-state index contributed by atoms with van der Waals surface area (Å²) in [7, 11) is 5.15. The first-order valence-electron chi connectivity index (χ1n) is 15.1. The van der Waals surface area contributed by atoms with Crippen molar-refractivity contribution in [2.75, 3.05) is 14.2 Å². The number of hydrogen-bond donors (Lipinski definition) is 0. The molecule has 0 bridgehead atoms. The van der Waals surface area contributed by atoms with Gasteiger partial charge < -0.3 is 27.1 Å². The normalized spacial score (nSPS) is 15.7. The van der Waals surface area contributed by atoms with E-state index in [0.717, 1.165) is 39.8 Å². The van der Waals surface area contributed by atoms with Gasteiger partial charge in [-0.3, -0.25) is 0 Å². The molecule has 1 aliphatic carbocycles. The van der Waals surface area contributed by atoms with Crippen LogP contribution in [0.25, 0.3) is 28.0 Å². The SMILES string of the molecule is COc1ccc(-c2c(I)c(-c3cc[n+](C)cc3)c3n2[B-](F)(F)[N+]2=C4C(=C(c5ccccc5)C2=N3)CCc2cc(OC)ccc24)cc1.I. The molecule has 3 aliphatic rings. The Morgan fingerprint density at radius 1 is 0.830 bits per heavy atom. The Bertz CT molecular complexity index is 2160. The summed E-state index contributed by atoms with van der Waals surface area (Å²) < 4.78 is 51.7. The second-order valence-electron chi connectivity index (χ2n) is 11.7. The fraction of sp³-hybridized carbons (Fsp3) is 0.139. The van der Waals surface area contributed by atoms with Gasteiger partial charge in [-0.15, -0.1) is 24.0 Å². The molecule has 47 heavy (non-hydrogen) atoms. The minimum absolute atomic E-state index is 0. The van der Waals surface area contributed by atoms with Gasteiger partial charge in [-0.1, -0.05) is 30.3 Å². The first-order valence-corrected chi connectivity index (χ1v) is 16.2. The Kier molecular flexibility index (Phi) is 8.10. The molecular weight excluding hydrogens is 823 g/mol. The molecule has 3 aromatic carbocycles.